The molecular formula is C26H30Br2N2O3. The van der Waals surface area contributed by atoms with Gasteiger partial charge < -0.3 is 14.2 Å². The number of nitriles is 2. The van der Waals surface area contributed by atoms with E-state index in [9.17, 15) is 0 Å². The third kappa shape index (κ3) is 8.76. The Morgan fingerprint density at radius 2 is 1.39 bits per heavy atom. The number of nitrogens with zero attached hydrogens (tertiary/aromatic N) is 2. The fourth-order valence-corrected chi connectivity index (χ4v) is 3.54. The molecule has 33 heavy (non-hydrogen) atoms. The van der Waals surface area contributed by atoms with Crippen molar-refractivity contribution in [2.75, 3.05) is 13.7 Å². The van der Waals surface area contributed by atoms with Crippen molar-refractivity contribution in [3.63, 3.8) is 0 Å². The number of methoxy groups -OCH3 is 1. The summed E-state index contributed by atoms with van der Waals surface area (Å²) in [6.07, 6.45) is 1.29. The molecule has 0 radical (unpaired) electrons. The zero-order valence-corrected chi connectivity index (χ0v) is 23.3. The maximum atomic E-state index is 8.94. The minimum Gasteiger partial charge on any atom is -0.500 e. The average Bonchev–Trinajstić information content (AvgIpc) is 2.76. The van der Waals surface area contributed by atoms with Crippen LogP contribution in [0.5, 0.6) is 11.5 Å². The van der Waals surface area contributed by atoms with Gasteiger partial charge in [-0.1, -0.05) is 71.7 Å². The van der Waals surface area contributed by atoms with E-state index >= 15 is 0 Å². The highest BCUT2D eigenvalue weighted by molar-refractivity contribution is 9.10. The normalized spacial score (nSPS) is 10.8. The molecule has 0 bridgehead atoms. The predicted octanol–water partition coefficient (Wildman–Crippen LogP) is 8.05. The molecule has 0 N–H and O–H groups in total. The third-order valence-corrected chi connectivity index (χ3v) is 6.38. The molecule has 0 heterocycles. The largest absolute Gasteiger partial charge is 0.500 e. The van der Waals surface area contributed by atoms with E-state index in [0.717, 1.165) is 31.4 Å². The van der Waals surface area contributed by atoms with Gasteiger partial charge in [-0.25, -0.2) is 0 Å². The minimum atomic E-state index is 0.0925. The second kappa shape index (κ2) is 13.9. The van der Waals surface area contributed by atoms with Crippen LogP contribution in [-0.4, -0.2) is 13.7 Å². The molecule has 2 aromatic carbocycles. The molecule has 176 valence electrons. The highest BCUT2D eigenvalue weighted by atomic mass is 79.9. The van der Waals surface area contributed by atoms with Crippen LogP contribution in [0.3, 0.4) is 0 Å². The van der Waals surface area contributed by atoms with Crippen molar-refractivity contribution in [1.82, 2.24) is 0 Å². The van der Waals surface area contributed by atoms with E-state index < -0.39 is 0 Å². The van der Waals surface area contributed by atoms with Crippen molar-refractivity contribution in [1.29, 1.82) is 10.5 Å². The average molecular weight is 578 g/mol. The summed E-state index contributed by atoms with van der Waals surface area (Å²) in [6.45, 7) is 12.6. The summed E-state index contributed by atoms with van der Waals surface area (Å²) in [4.78, 5) is 0. The molecule has 0 saturated carbocycles. The van der Waals surface area contributed by atoms with Gasteiger partial charge in [-0.3, -0.25) is 0 Å². The maximum Gasteiger partial charge on any atom is 0.238 e. The van der Waals surface area contributed by atoms with Gasteiger partial charge in [0.15, 0.2) is 6.61 Å². The molecule has 0 aromatic heterocycles. The van der Waals surface area contributed by atoms with E-state index in [1.54, 1.807) is 0 Å². The molecular weight excluding hydrogens is 548 g/mol. The number of rotatable bonds is 7. The van der Waals surface area contributed by atoms with Gasteiger partial charge in [0, 0.05) is 8.95 Å². The zero-order valence-electron chi connectivity index (χ0n) is 20.1. The van der Waals surface area contributed by atoms with Gasteiger partial charge in [0.2, 0.25) is 5.76 Å². The van der Waals surface area contributed by atoms with E-state index in [2.05, 4.69) is 71.7 Å². The molecule has 2 rings (SSSR count). The molecule has 5 nitrogen and oxygen atoms in total. The summed E-state index contributed by atoms with van der Waals surface area (Å²) in [5.74, 6) is 2.31. The number of hydrogen-bond donors (Lipinski definition) is 0. The zero-order chi connectivity index (χ0) is 25.1. The van der Waals surface area contributed by atoms with Gasteiger partial charge in [-0.15, -0.1) is 0 Å². The topological polar surface area (TPSA) is 75.3 Å². The lowest BCUT2D eigenvalue weighted by molar-refractivity contribution is 0.310. The molecule has 0 spiro atoms. The monoisotopic (exact) mass is 576 g/mol. The van der Waals surface area contributed by atoms with E-state index in [4.69, 9.17) is 24.7 Å². The van der Waals surface area contributed by atoms with Crippen molar-refractivity contribution in [2.45, 2.75) is 53.4 Å². The van der Waals surface area contributed by atoms with Crippen LogP contribution in [0.4, 0.5) is 0 Å². The highest BCUT2D eigenvalue weighted by Crippen LogP contribution is 2.33. The van der Waals surface area contributed by atoms with Gasteiger partial charge in [0.1, 0.15) is 29.9 Å². The Hall–Kier alpha value is -2.48. The molecule has 0 unspecified atom stereocenters. The lowest BCUT2D eigenvalue weighted by atomic mass is 10.00. The highest BCUT2D eigenvalue weighted by Gasteiger charge is 2.13. The molecule has 0 saturated heterocycles. The Balaban J connectivity index is 0.000000335. The van der Waals surface area contributed by atoms with Crippen LogP contribution < -0.4 is 9.47 Å². The van der Waals surface area contributed by atoms with Crippen molar-refractivity contribution >= 4 is 31.9 Å². The molecule has 0 amide bonds. The van der Waals surface area contributed by atoms with E-state index in [1.165, 1.54) is 18.9 Å². The summed E-state index contributed by atoms with van der Waals surface area (Å²) in [7, 11) is 1.48. The molecule has 7 heteroatoms. The third-order valence-electron chi connectivity index (χ3n) is 4.67. The molecule has 2 aromatic rings. The lowest BCUT2D eigenvalue weighted by Crippen LogP contribution is -2.00. The number of aryl methyl sites for hydroxylation is 2. The van der Waals surface area contributed by atoms with Gasteiger partial charge >= 0.3 is 0 Å². The van der Waals surface area contributed by atoms with E-state index in [-0.39, 0.29) is 12.4 Å². The first-order valence-electron chi connectivity index (χ1n) is 10.5. The quantitative estimate of drug-likeness (QED) is 0.246. The molecule has 0 aliphatic carbocycles. The molecule has 0 atom stereocenters. The first-order chi connectivity index (χ1) is 15.5. The first kappa shape index (κ1) is 28.6. The minimum absolute atomic E-state index is 0.0925. The fraction of sp³-hybridized carbons (Fsp3) is 0.385. The second-order valence-corrected chi connectivity index (χ2v) is 9.67. The van der Waals surface area contributed by atoms with E-state index in [1.807, 2.05) is 38.1 Å². The number of benzene rings is 2. The number of halogens is 2. The van der Waals surface area contributed by atoms with Crippen molar-refractivity contribution < 1.29 is 14.2 Å². The van der Waals surface area contributed by atoms with Gasteiger partial charge in [0.25, 0.3) is 0 Å². The summed E-state index contributed by atoms with van der Waals surface area (Å²) in [6, 6.07) is 11.9. The lowest BCUT2D eigenvalue weighted by Gasteiger charge is -2.15. The van der Waals surface area contributed by atoms with Gasteiger partial charge in [0.05, 0.1) is 7.11 Å². The second-order valence-electron chi connectivity index (χ2n) is 7.97. The van der Waals surface area contributed by atoms with Crippen molar-refractivity contribution in [2.24, 2.45) is 0 Å². The summed E-state index contributed by atoms with van der Waals surface area (Å²) >= 11 is 6.92. The van der Waals surface area contributed by atoms with Crippen LogP contribution in [0.15, 0.2) is 45.2 Å². The maximum absolute atomic E-state index is 8.94. The van der Waals surface area contributed by atoms with E-state index in [0.29, 0.717) is 17.6 Å². The van der Waals surface area contributed by atoms with Gasteiger partial charge in [-0.05, 0) is 60.1 Å². The Labute approximate surface area is 214 Å². The van der Waals surface area contributed by atoms with Crippen LogP contribution in [0, 0.1) is 36.5 Å². The van der Waals surface area contributed by atoms with Gasteiger partial charge in [-0.2, -0.15) is 10.5 Å². The van der Waals surface area contributed by atoms with Crippen molar-refractivity contribution in [3.05, 3.63) is 67.5 Å². The molecule has 0 fully saturated rings. The molecule has 0 aliphatic rings. The summed E-state index contributed by atoms with van der Waals surface area (Å²) < 4.78 is 17.7. The Morgan fingerprint density at radius 1 is 0.909 bits per heavy atom. The smallest absolute Gasteiger partial charge is 0.238 e. The van der Waals surface area contributed by atoms with Crippen LogP contribution >= 0.6 is 31.9 Å². The Morgan fingerprint density at radius 3 is 1.82 bits per heavy atom. The number of ether oxygens (including phenoxy) is 3. The summed E-state index contributed by atoms with van der Waals surface area (Å²) in [5.41, 5.74) is 4.53. The van der Waals surface area contributed by atoms with Crippen LogP contribution in [-0.2, 0) is 4.74 Å². The number of allylic oxidation sites excluding steroid dienone is 1. The number of hydrogen-bond acceptors (Lipinski definition) is 5. The van der Waals surface area contributed by atoms with Crippen LogP contribution in [0.2, 0.25) is 0 Å². The predicted molar refractivity (Wildman–Crippen MR) is 138 cm³/mol. The van der Waals surface area contributed by atoms with Crippen LogP contribution in [0.1, 0.15) is 61.8 Å². The standard InChI is InChI=1S/C14H16BrNO2.C12H14BrNO/c1-9(2)12-5-10(3)13(15)6-14(12)18-11(7-16)8-17-4;1-8(2)10-6-9(3)11(13)7-12(10)15-5-4-14/h5-6,8-9H,1-4H3;6-8H,5H2,1-3H3/b11-8+;. The van der Waals surface area contributed by atoms with Crippen molar-refractivity contribution in [3.8, 4) is 23.6 Å². The molecule has 0 aliphatic heterocycles. The first-order valence-corrected chi connectivity index (χ1v) is 12.0. The van der Waals surface area contributed by atoms with Crippen LogP contribution in [0.25, 0.3) is 0 Å². The Kier molecular flexibility index (Phi) is 12.1. The SMILES string of the molecule is CO/C=C(\C#N)Oc1cc(Br)c(C)cc1C(C)C.Cc1cc(C(C)C)c(OCC#N)cc1Br. The summed E-state index contributed by atoms with van der Waals surface area (Å²) in [5, 5.41) is 17.4. The Bertz CT molecular complexity index is 1060. The fourth-order valence-electron chi connectivity index (χ4n) is 2.90.